The van der Waals surface area contributed by atoms with Gasteiger partial charge in [0, 0.05) is 12.6 Å². The third kappa shape index (κ3) is 2.52. The van der Waals surface area contributed by atoms with E-state index in [9.17, 15) is 0 Å². The van der Waals surface area contributed by atoms with Crippen LogP contribution in [0.25, 0.3) is 0 Å². The molecule has 2 saturated carbocycles. The molecular weight excluding hydrogens is 218 g/mol. The first-order chi connectivity index (χ1) is 8.66. The lowest BCUT2D eigenvalue weighted by molar-refractivity contribution is 0.188. The highest BCUT2D eigenvalue weighted by atomic mass is 14.9. The zero-order valence-electron chi connectivity index (χ0n) is 12.1. The molecule has 2 fully saturated rings. The molecule has 3 aliphatic carbocycles. The molecule has 4 atom stereocenters. The molecule has 102 valence electrons. The van der Waals surface area contributed by atoms with Crippen LogP contribution in [0.15, 0.2) is 12.2 Å². The van der Waals surface area contributed by atoms with Crippen molar-refractivity contribution in [3.8, 4) is 0 Å². The van der Waals surface area contributed by atoms with Gasteiger partial charge in [-0.2, -0.15) is 0 Å². The largest absolute Gasteiger partial charge is 0.313 e. The number of nitrogens with one attached hydrogen (secondary N) is 1. The second-order valence-electron chi connectivity index (χ2n) is 7.48. The van der Waals surface area contributed by atoms with Crippen LogP contribution in [0.4, 0.5) is 0 Å². The van der Waals surface area contributed by atoms with Crippen molar-refractivity contribution in [3.05, 3.63) is 12.2 Å². The average Bonchev–Trinajstić information content (AvgIpc) is 2.99. The van der Waals surface area contributed by atoms with E-state index in [1.54, 1.807) is 0 Å². The van der Waals surface area contributed by atoms with Gasteiger partial charge in [-0.1, -0.05) is 38.3 Å². The van der Waals surface area contributed by atoms with E-state index < -0.39 is 0 Å². The smallest absolute Gasteiger partial charge is 0.00730 e. The Bertz CT molecular complexity index is 314. The fourth-order valence-electron chi connectivity index (χ4n) is 4.54. The molecule has 0 aromatic carbocycles. The summed E-state index contributed by atoms with van der Waals surface area (Å²) in [6, 6.07) is 0.712. The van der Waals surface area contributed by atoms with Gasteiger partial charge in [0.25, 0.3) is 0 Å². The van der Waals surface area contributed by atoms with Crippen molar-refractivity contribution in [1.29, 1.82) is 0 Å². The zero-order chi connectivity index (χ0) is 12.6. The molecular formula is C17H29N. The van der Waals surface area contributed by atoms with Crippen LogP contribution in [0.1, 0.15) is 58.8 Å². The van der Waals surface area contributed by atoms with Gasteiger partial charge in [0.2, 0.25) is 0 Å². The maximum atomic E-state index is 3.89. The van der Waals surface area contributed by atoms with Gasteiger partial charge in [-0.15, -0.1) is 0 Å². The fraction of sp³-hybridized carbons (Fsp3) is 0.882. The van der Waals surface area contributed by atoms with Crippen LogP contribution in [0.5, 0.6) is 0 Å². The summed E-state index contributed by atoms with van der Waals surface area (Å²) in [5.41, 5.74) is 0.583. The maximum Gasteiger partial charge on any atom is 0.00730 e. The summed E-state index contributed by atoms with van der Waals surface area (Å²) in [6.45, 7) is 6.16. The number of rotatable bonds is 4. The minimum absolute atomic E-state index is 0.583. The van der Waals surface area contributed by atoms with Crippen molar-refractivity contribution in [1.82, 2.24) is 5.32 Å². The first-order valence-electron chi connectivity index (χ1n) is 8.08. The lowest BCUT2D eigenvalue weighted by Gasteiger charge is -2.36. The number of hydrogen-bond acceptors (Lipinski definition) is 1. The Hall–Kier alpha value is -0.300. The summed E-state index contributed by atoms with van der Waals surface area (Å²) >= 11 is 0. The number of allylic oxidation sites excluding steroid dienone is 2. The maximum absolute atomic E-state index is 3.89. The van der Waals surface area contributed by atoms with Gasteiger partial charge in [0.1, 0.15) is 0 Å². The summed E-state index contributed by atoms with van der Waals surface area (Å²) in [6.07, 6.45) is 15.0. The van der Waals surface area contributed by atoms with Gasteiger partial charge >= 0.3 is 0 Å². The SMILES string of the molecule is CC(NCC1(C)CCCCC1)C1CC2C=CC1C2. The van der Waals surface area contributed by atoms with E-state index in [4.69, 9.17) is 0 Å². The molecule has 18 heavy (non-hydrogen) atoms. The van der Waals surface area contributed by atoms with Crippen molar-refractivity contribution in [2.45, 2.75) is 64.8 Å². The molecule has 4 unspecified atom stereocenters. The Morgan fingerprint density at radius 3 is 2.56 bits per heavy atom. The van der Waals surface area contributed by atoms with Gasteiger partial charge in [0.05, 0.1) is 0 Å². The van der Waals surface area contributed by atoms with Gasteiger partial charge in [-0.05, 0) is 55.8 Å². The minimum atomic E-state index is 0.583. The van der Waals surface area contributed by atoms with Crippen LogP contribution in [0, 0.1) is 23.2 Å². The van der Waals surface area contributed by atoms with E-state index in [1.807, 2.05) is 0 Å². The van der Waals surface area contributed by atoms with Crippen LogP contribution in [0.2, 0.25) is 0 Å². The summed E-state index contributed by atoms with van der Waals surface area (Å²) < 4.78 is 0. The minimum Gasteiger partial charge on any atom is -0.313 e. The van der Waals surface area contributed by atoms with Crippen LogP contribution in [-0.2, 0) is 0 Å². The van der Waals surface area contributed by atoms with Crippen LogP contribution < -0.4 is 5.32 Å². The van der Waals surface area contributed by atoms with Crippen molar-refractivity contribution in [2.24, 2.45) is 23.2 Å². The molecule has 1 nitrogen and oxygen atoms in total. The predicted molar refractivity (Wildman–Crippen MR) is 77.5 cm³/mol. The van der Waals surface area contributed by atoms with Gasteiger partial charge in [-0.3, -0.25) is 0 Å². The van der Waals surface area contributed by atoms with Crippen LogP contribution in [-0.4, -0.2) is 12.6 Å². The third-order valence-electron chi connectivity index (χ3n) is 5.88. The van der Waals surface area contributed by atoms with Gasteiger partial charge in [-0.25, -0.2) is 0 Å². The lowest BCUT2D eigenvalue weighted by atomic mass is 9.75. The molecule has 0 aliphatic heterocycles. The average molecular weight is 247 g/mol. The van der Waals surface area contributed by atoms with E-state index in [1.165, 1.54) is 51.5 Å². The van der Waals surface area contributed by atoms with E-state index >= 15 is 0 Å². The van der Waals surface area contributed by atoms with E-state index in [-0.39, 0.29) is 0 Å². The molecule has 1 heteroatoms. The first-order valence-corrected chi connectivity index (χ1v) is 8.08. The standard InChI is InChI=1S/C17H29N/c1-13(16-11-14-6-7-15(16)10-14)18-12-17(2)8-4-3-5-9-17/h6-7,13-16,18H,3-5,8-12H2,1-2H3. The molecule has 0 aromatic rings. The second kappa shape index (κ2) is 5.00. The fourth-order valence-corrected chi connectivity index (χ4v) is 4.54. The molecule has 0 spiro atoms. The molecule has 0 amide bonds. The van der Waals surface area contributed by atoms with Crippen LogP contribution in [0.3, 0.4) is 0 Å². The van der Waals surface area contributed by atoms with E-state index in [0.29, 0.717) is 11.5 Å². The van der Waals surface area contributed by atoms with Crippen molar-refractivity contribution in [3.63, 3.8) is 0 Å². The highest BCUT2D eigenvalue weighted by Gasteiger charge is 2.38. The summed E-state index contributed by atoms with van der Waals surface area (Å²) in [5, 5.41) is 3.89. The summed E-state index contributed by atoms with van der Waals surface area (Å²) in [7, 11) is 0. The van der Waals surface area contributed by atoms with Gasteiger partial charge < -0.3 is 5.32 Å². The quantitative estimate of drug-likeness (QED) is 0.736. The molecule has 1 N–H and O–H groups in total. The van der Waals surface area contributed by atoms with Crippen molar-refractivity contribution >= 4 is 0 Å². The van der Waals surface area contributed by atoms with Crippen molar-refractivity contribution < 1.29 is 0 Å². The van der Waals surface area contributed by atoms with Gasteiger partial charge in [0.15, 0.2) is 0 Å². The molecule has 3 aliphatic rings. The molecule has 2 bridgehead atoms. The first kappa shape index (κ1) is 12.7. The Morgan fingerprint density at radius 2 is 1.94 bits per heavy atom. The zero-order valence-corrected chi connectivity index (χ0v) is 12.1. The summed E-state index contributed by atoms with van der Waals surface area (Å²) in [4.78, 5) is 0. The Morgan fingerprint density at radius 1 is 1.17 bits per heavy atom. The molecule has 0 saturated heterocycles. The molecule has 0 aromatic heterocycles. The topological polar surface area (TPSA) is 12.0 Å². The van der Waals surface area contributed by atoms with E-state index in [2.05, 4.69) is 31.3 Å². The molecule has 0 heterocycles. The third-order valence-corrected chi connectivity index (χ3v) is 5.88. The summed E-state index contributed by atoms with van der Waals surface area (Å²) in [5.74, 6) is 2.71. The molecule has 0 radical (unpaired) electrons. The number of fused-ring (bicyclic) bond motifs is 2. The normalized spacial score (nSPS) is 39.1. The molecule has 3 rings (SSSR count). The lowest BCUT2D eigenvalue weighted by Crippen LogP contribution is -2.42. The second-order valence-corrected chi connectivity index (χ2v) is 7.48. The highest BCUT2D eigenvalue weighted by Crippen LogP contribution is 2.45. The Kier molecular flexibility index (Phi) is 3.53. The highest BCUT2D eigenvalue weighted by molar-refractivity contribution is 5.11. The van der Waals surface area contributed by atoms with E-state index in [0.717, 1.165) is 17.8 Å². The van der Waals surface area contributed by atoms with Crippen molar-refractivity contribution in [2.75, 3.05) is 6.54 Å². The number of hydrogen-bond donors (Lipinski definition) is 1. The van der Waals surface area contributed by atoms with Crippen LogP contribution >= 0.6 is 0 Å². The Labute approximate surface area is 112 Å². The Balaban J connectivity index is 1.49. The predicted octanol–water partition coefficient (Wildman–Crippen LogP) is 4.15. The monoisotopic (exact) mass is 247 g/mol.